The highest BCUT2D eigenvalue weighted by Gasteiger charge is 2.35. The fourth-order valence-corrected chi connectivity index (χ4v) is 3.51. The Kier molecular flexibility index (Phi) is 4.43. The van der Waals surface area contributed by atoms with E-state index in [2.05, 4.69) is 32.2 Å². The maximum atomic E-state index is 5.64. The summed E-state index contributed by atoms with van der Waals surface area (Å²) in [5.74, 6) is 0. The lowest BCUT2D eigenvalue weighted by molar-refractivity contribution is -0.0172. The van der Waals surface area contributed by atoms with E-state index in [1.807, 2.05) is 11.3 Å². The smallest absolute Gasteiger partial charge is 0.106 e. The van der Waals surface area contributed by atoms with E-state index in [0.717, 1.165) is 19.6 Å². The number of hydrogen-bond donors (Lipinski definition) is 1. The number of aryl methyl sites for hydroxylation is 2. The van der Waals surface area contributed by atoms with Crippen LogP contribution in [0.5, 0.6) is 0 Å². The minimum atomic E-state index is -0.132. The highest BCUT2D eigenvalue weighted by atomic mass is 32.1. The van der Waals surface area contributed by atoms with Crippen molar-refractivity contribution in [2.24, 2.45) is 0 Å². The van der Waals surface area contributed by atoms with Crippen LogP contribution >= 0.6 is 11.3 Å². The molecule has 18 heavy (non-hydrogen) atoms. The van der Waals surface area contributed by atoms with E-state index < -0.39 is 0 Å². The van der Waals surface area contributed by atoms with Gasteiger partial charge < -0.3 is 14.8 Å². The standard InChI is InChI=1S/C14H23NO2S/c1-10-7-13(12(3)18-10)11(2)15-8-14(16-4)5-6-17-9-14/h7,11,15H,5-6,8-9H2,1-4H3. The Morgan fingerprint density at radius 1 is 1.56 bits per heavy atom. The molecule has 1 aliphatic heterocycles. The molecule has 1 aromatic rings. The summed E-state index contributed by atoms with van der Waals surface area (Å²) in [5.41, 5.74) is 1.27. The highest BCUT2D eigenvalue weighted by molar-refractivity contribution is 7.12. The first kappa shape index (κ1) is 14.0. The molecule has 0 bridgehead atoms. The van der Waals surface area contributed by atoms with Gasteiger partial charge in [-0.1, -0.05) is 0 Å². The third-order valence-corrected chi connectivity index (χ3v) is 4.76. The Hall–Kier alpha value is -0.420. The Morgan fingerprint density at radius 2 is 2.33 bits per heavy atom. The second kappa shape index (κ2) is 5.70. The molecule has 0 radical (unpaired) electrons. The molecule has 0 aliphatic carbocycles. The topological polar surface area (TPSA) is 30.5 Å². The van der Waals surface area contributed by atoms with Gasteiger partial charge in [-0.15, -0.1) is 11.3 Å². The Balaban J connectivity index is 1.95. The molecule has 2 rings (SSSR count). The molecule has 1 aliphatic rings. The Bertz CT molecular complexity index is 396. The van der Waals surface area contributed by atoms with E-state index in [1.54, 1.807) is 7.11 Å². The molecule has 102 valence electrons. The lowest BCUT2D eigenvalue weighted by Crippen LogP contribution is -2.43. The van der Waals surface area contributed by atoms with Crippen LogP contribution in [0.1, 0.15) is 34.7 Å². The molecule has 0 saturated carbocycles. The van der Waals surface area contributed by atoms with Crippen molar-refractivity contribution in [1.82, 2.24) is 5.32 Å². The van der Waals surface area contributed by atoms with Gasteiger partial charge in [0, 0.05) is 42.5 Å². The number of nitrogens with one attached hydrogen (secondary N) is 1. The fourth-order valence-electron chi connectivity index (χ4n) is 2.49. The van der Waals surface area contributed by atoms with Gasteiger partial charge in [-0.05, 0) is 32.4 Å². The van der Waals surface area contributed by atoms with Crippen molar-refractivity contribution in [3.05, 3.63) is 21.4 Å². The average molecular weight is 269 g/mol. The molecule has 2 unspecified atom stereocenters. The van der Waals surface area contributed by atoms with Crippen LogP contribution in [0.4, 0.5) is 0 Å². The van der Waals surface area contributed by atoms with E-state index in [1.165, 1.54) is 15.3 Å². The number of hydrogen-bond acceptors (Lipinski definition) is 4. The largest absolute Gasteiger partial charge is 0.378 e. The summed E-state index contributed by atoms with van der Waals surface area (Å²) in [6.07, 6.45) is 0.977. The van der Waals surface area contributed by atoms with Gasteiger partial charge in [0.15, 0.2) is 0 Å². The third-order valence-electron chi connectivity index (χ3n) is 3.78. The molecule has 0 aromatic carbocycles. The normalized spacial score (nSPS) is 25.6. The van der Waals surface area contributed by atoms with E-state index in [-0.39, 0.29) is 5.60 Å². The van der Waals surface area contributed by atoms with Crippen molar-refractivity contribution < 1.29 is 9.47 Å². The molecule has 4 heteroatoms. The number of thiophene rings is 1. The summed E-state index contributed by atoms with van der Waals surface area (Å²) >= 11 is 1.86. The zero-order valence-electron chi connectivity index (χ0n) is 11.7. The average Bonchev–Trinajstić information content (AvgIpc) is 2.94. The lowest BCUT2D eigenvalue weighted by Gasteiger charge is -2.28. The first-order valence-corrected chi connectivity index (χ1v) is 7.31. The maximum Gasteiger partial charge on any atom is 0.106 e. The van der Waals surface area contributed by atoms with Crippen LogP contribution in [0.2, 0.25) is 0 Å². The van der Waals surface area contributed by atoms with Gasteiger partial charge in [-0.2, -0.15) is 0 Å². The summed E-state index contributed by atoms with van der Waals surface area (Å²) in [6, 6.07) is 2.64. The molecular weight excluding hydrogens is 246 g/mol. The van der Waals surface area contributed by atoms with Crippen LogP contribution in [0.15, 0.2) is 6.07 Å². The van der Waals surface area contributed by atoms with E-state index >= 15 is 0 Å². The molecule has 1 saturated heterocycles. The van der Waals surface area contributed by atoms with E-state index in [4.69, 9.17) is 9.47 Å². The first-order valence-electron chi connectivity index (χ1n) is 6.49. The second-order valence-electron chi connectivity index (χ2n) is 5.16. The summed E-state index contributed by atoms with van der Waals surface area (Å²) < 4.78 is 11.1. The first-order chi connectivity index (χ1) is 8.56. The van der Waals surface area contributed by atoms with Crippen molar-refractivity contribution in [3.8, 4) is 0 Å². The van der Waals surface area contributed by atoms with Crippen LogP contribution in [-0.2, 0) is 9.47 Å². The van der Waals surface area contributed by atoms with Crippen LogP contribution in [0.3, 0.4) is 0 Å². The summed E-state index contributed by atoms with van der Waals surface area (Å²) in [5, 5.41) is 3.59. The fraction of sp³-hybridized carbons (Fsp3) is 0.714. The predicted molar refractivity (Wildman–Crippen MR) is 75.4 cm³/mol. The van der Waals surface area contributed by atoms with E-state index in [0.29, 0.717) is 12.6 Å². The van der Waals surface area contributed by atoms with Crippen molar-refractivity contribution in [3.63, 3.8) is 0 Å². The molecule has 0 spiro atoms. The predicted octanol–water partition coefficient (Wildman–Crippen LogP) is 2.82. The quantitative estimate of drug-likeness (QED) is 0.891. The van der Waals surface area contributed by atoms with Crippen LogP contribution in [0.25, 0.3) is 0 Å². The van der Waals surface area contributed by atoms with Gasteiger partial charge in [0.05, 0.1) is 6.61 Å². The van der Waals surface area contributed by atoms with Gasteiger partial charge in [0.25, 0.3) is 0 Å². The second-order valence-corrected chi connectivity index (χ2v) is 6.62. The molecule has 1 fully saturated rings. The van der Waals surface area contributed by atoms with Crippen molar-refractivity contribution >= 4 is 11.3 Å². The molecular formula is C14H23NO2S. The minimum Gasteiger partial charge on any atom is -0.378 e. The third kappa shape index (κ3) is 2.94. The highest BCUT2D eigenvalue weighted by Crippen LogP contribution is 2.27. The van der Waals surface area contributed by atoms with Gasteiger partial charge in [-0.3, -0.25) is 0 Å². The zero-order chi connectivity index (χ0) is 13.2. The van der Waals surface area contributed by atoms with E-state index in [9.17, 15) is 0 Å². The lowest BCUT2D eigenvalue weighted by atomic mass is 10.0. The van der Waals surface area contributed by atoms with Gasteiger partial charge in [-0.25, -0.2) is 0 Å². The molecule has 3 nitrogen and oxygen atoms in total. The summed E-state index contributed by atoms with van der Waals surface area (Å²) in [4.78, 5) is 2.78. The van der Waals surface area contributed by atoms with Crippen molar-refractivity contribution in [1.29, 1.82) is 0 Å². The summed E-state index contributed by atoms with van der Waals surface area (Å²) in [6.45, 7) is 8.92. The molecule has 0 amide bonds. The van der Waals surface area contributed by atoms with Crippen LogP contribution in [0, 0.1) is 13.8 Å². The Morgan fingerprint density at radius 3 is 2.83 bits per heavy atom. The van der Waals surface area contributed by atoms with Crippen LogP contribution < -0.4 is 5.32 Å². The monoisotopic (exact) mass is 269 g/mol. The van der Waals surface area contributed by atoms with Crippen LogP contribution in [-0.4, -0.2) is 32.5 Å². The summed E-state index contributed by atoms with van der Waals surface area (Å²) in [7, 11) is 1.78. The molecule has 2 heterocycles. The minimum absolute atomic E-state index is 0.132. The molecule has 1 aromatic heterocycles. The van der Waals surface area contributed by atoms with Gasteiger partial charge in [0.1, 0.15) is 5.60 Å². The number of rotatable bonds is 5. The molecule has 1 N–H and O–H groups in total. The Labute approximate surface area is 113 Å². The SMILES string of the molecule is COC1(CNC(C)c2cc(C)sc2C)CCOC1. The number of ether oxygens (including phenoxy) is 2. The maximum absolute atomic E-state index is 5.64. The zero-order valence-corrected chi connectivity index (χ0v) is 12.5. The van der Waals surface area contributed by atoms with Crippen molar-refractivity contribution in [2.45, 2.75) is 38.8 Å². The van der Waals surface area contributed by atoms with Gasteiger partial charge in [0.2, 0.25) is 0 Å². The van der Waals surface area contributed by atoms with Gasteiger partial charge >= 0.3 is 0 Å². The van der Waals surface area contributed by atoms with Crippen molar-refractivity contribution in [2.75, 3.05) is 26.9 Å². The molecule has 2 atom stereocenters. The number of methoxy groups -OCH3 is 1.